The van der Waals surface area contributed by atoms with Crippen molar-refractivity contribution in [2.45, 2.75) is 25.7 Å². The molecule has 26 heavy (non-hydrogen) atoms. The fraction of sp³-hybridized carbons (Fsp3) is 0.526. The Balaban J connectivity index is 1.85. The lowest BCUT2D eigenvalue weighted by atomic mass is 9.69. The van der Waals surface area contributed by atoms with Crippen molar-refractivity contribution in [1.29, 1.82) is 0 Å². The van der Waals surface area contributed by atoms with E-state index in [-0.39, 0.29) is 18.9 Å². The summed E-state index contributed by atoms with van der Waals surface area (Å²) in [6.45, 7) is 1.02. The lowest BCUT2D eigenvalue weighted by molar-refractivity contribution is 0.00976. The van der Waals surface area contributed by atoms with Gasteiger partial charge in [-0.25, -0.2) is 13.8 Å². The van der Waals surface area contributed by atoms with Gasteiger partial charge < -0.3 is 15.1 Å². The van der Waals surface area contributed by atoms with Crippen LogP contribution in [0.25, 0.3) is 10.9 Å². The first-order valence-electron chi connectivity index (χ1n) is 8.79. The Morgan fingerprint density at radius 3 is 2.35 bits per heavy atom. The van der Waals surface area contributed by atoms with Crippen molar-refractivity contribution in [3.8, 4) is 0 Å². The van der Waals surface area contributed by atoms with Gasteiger partial charge in [0.2, 0.25) is 0 Å². The highest BCUT2D eigenvalue weighted by atomic mass is 35.5. The third-order valence-electron chi connectivity index (χ3n) is 6.36. The number of alkyl halides is 2. The normalized spacial score (nSPS) is 28.3. The van der Waals surface area contributed by atoms with E-state index in [1.165, 1.54) is 6.07 Å². The lowest BCUT2D eigenvalue weighted by Gasteiger charge is -2.36. The fourth-order valence-corrected chi connectivity index (χ4v) is 5.09. The average molecular weight is 383 g/mol. The molecular weight excluding hydrogens is 362 g/mol. The van der Waals surface area contributed by atoms with Crippen molar-refractivity contribution in [2.24, 2.45) is 10.8 Å². The first-order chi connectivity index (χ1) is 12.4. The van der Waals surface area contributed by atoms with E-state index in [0.29, 0.717) is 34.7 Å². The van der Waals surface area contributed by atoms with E-state index in [4.69, 9.17) is 11.6 Å². The van der Waals surface area contributed by atoms with Gasteiger partial charge in [0.15, 0.2) is 0 Å². The minimum Gasteiger partial charge on any atom is -0.396 e. The summed E-state index contributed by atoms with van der Waals surface area (Å²) in [7, 11) is 0. The number of hydrogen-bond acceptors (Lipinski definition) is 4. The van der Waals surface area contributed by atoms with Gasteiger partial charge in [-0.1, -0.05) is 18.0 Å². The quantitative estimate of drug-likeness (QED) is 0.844. The highest BCUT2D eigenvalue weighted by molar-refractivity contribution is 6.31. The maximum atomic E-state index is 13.4. The molecule has 0 bridgehead atoms. The van der Waals surface area contributed by atoms with Crippen LogP contribution in [0.2, 0.25) is 5.02 Å². The maximum absolute atomic E-state index is 13.4. The first-order valence-corrected chi connectivity index (χ1v) is 9.16. The number of nitrogens with zero attached hydrogens (tertiary/aromatic N) is 2. The SMILES string of the molecule is OC[C@@]12CCC[C@]1(CO)CN(c1cc(C(F)F)nc3ccc(Cl)cc13)C2. The fourth-order valence-electron chi connectivity index (χ4n) is 4.91. The molecule has 1 aliphatic carbocycles. The van der Waals surface area contributed by atoms with Gasteiger partial charge in [0.25, 0.3) is 6.43 Å². The molecule has 7 heteroatoms. The third-order valence-corrected chi connectivity index (χ3v) is 6.60. The Labute approximate surface area is 155 Å². The van der Waals surface area contributed by atoms with Crippen LogP contribution in [0.15, 0.2) is 24.3 Å². The van der Waals surface area contributed by atoms with Crippen LogP contribution in [0, 0.1) is 10.8 Å². The Morgan fingerprint density at radius 2 is 1.77 bits per heavy atom. The third kappa shape index (κ3) is 2.50. The average Bonchev–Trinajstić information content (AvgIpc) is 3.13. The molecule has 2 aromatic rings. The van der Waals surface area contributed by atoms with Crippen LogP contribution < -0.4 is 4.90 Å². The van der Waals surface area contributed by atoms with Crippen LogP contribution in [-0.2, 0) is 0 Å². The summed E-state index contributed by atoms with van der Waals surface area (Å²) in [5.41, 5.74) is 0.0307. The smallest absolute Gasteiger partial charge is 0.280 e. The summed E-state index contributed by atoms with van der Waals surface area (Å²) in [4.78, 5) is 6.07. The molecule has 1 aromatic carbocycles. The molecule has 0 spiro atoms. The number of rotatable bonds is 4. The molecule has 2 fully saturated rings. The van der Waals surface area contributed by atoms with Crippen molar-refractivity contribution in [1.82, 2.24) is 4.98 Å². The molecule has 0 unspecified atom stereocenters. The zero-order valence-electron chi connectivity index (χ0n) is 14.3. The number of aliphatic hydroxyl groups excluding tert-OH is 2. The van der Waals surface area contributed by atoms with Gasteiger partial charge in [0.05, 0.1) is 18.7 Å². The Morgan fingerprint density at radius 1 is 1.12 bits per heavy atom. The van der Waals surface area contributed by atoms with Gasteiger partial charge in [-0.2, -0.15) is 0 Å². The molecule has 1 aliphatic heterocycles. The second kappa shape index (κ2) is 6.29. The van der Waals surface area contributed by atoms with Crippen molar-refractivity contribution in [3.63, 3.8) is 0 Å². The number of benzene rings is 1. The topological polar surface area (TPSA) is 56.6 Å². The van der Waals surface area contributed by atoms with Crippen LogP contribution in [0.4, 0.5) is 14.5 Å². The molecule has 2 heterocycles. The second-order valence-corrected chi connectivity index (χ2v) is 8.05. The van der Waals surface area contributed by atoms with Gasteiger partial charge in [-0.3, -0.25) is 0 Å². The van der Waals surface area contributed by atoms with E-state index in [0.717, 1.165) is 19.3 Å². The lowest BCUT2D eigenvalue weighted by Crippen LogP contribution is -2.41. The summed E-state index contributed by atoms with van der Waals surface area (Å²) in [6.07, 6.45) is -0.0624. The summed E-state index contributed by atoms with van der Waals surface area (Å²) < 4.78 is 26.7. The zero-order valence-corrected chi connectivity index (χ0v) is 15.0. The standard InChI is InChI=1S/C19H21ClF2N2O2/c20-12-2-3-14-13(6-12)16(7-15(23-14)17(21)22)24-8-18(10-25)4-1-5-19(18,9-24)11-26/h2-3,6-7,17,25-26H,1,4-5,8-11H2/t18-,19+. The molecule has 2 N–H and O–H groups in total. The van der Waals surface area contributed by atoms with E-state index in [9.17, 15) is 19.0 Å². The Kier molecular flexibility index (Phi) is 4.33. The molecule has 0 amide bonds. The van der Waals surface area contributed by atoms with Crippen molar-refractivity contribution in [2.75, 3.05) is 31.2 Å². The molecular formula is C19H21ClF2N2O2. The monoisotopic (exact) mass is 382 g/mol. The van der Waals surface area contributed by atoms with Crippen molar-refractivity contribution >= 4 is 28.2 Å². The van der Waals surface area contributed by atoms with Gasteiger partial charge in [-0.05, 0) is 37.1 Å². The van der Waals surface area contributed by atoms with Crippen LogP contribution >= 0.6 is 11.6 Å². The van der Waals surface area contributed by atoms with E-state index >= 15 is 0 Å². The molecule has 4 nitrogen and oxygen atoms in total. The number of halogens is 3. The summed E-state index contributed by atoms with van der Waals surface area (Å²) in [6, 6.07) is 6.44. The zero-order chi connectivity index (χ0) is 18.5. The Hall–Kier alpha value is -1.50. The van der Waals surface area contributed by atoms with Gasteiger partial charge in [0, 0.05) is 40.0 Å². The highest BCUT2D eigenvalue weighted by Crippen LogP contribution is 2.58. The molecule has 4 rings (SSSR count). The van der Waals surface area contributed by atoms with Crippen LogP contribution in [0.5, 0.6) is 0 Å². The Bertz CT molecular complexity index is 830. The minimum absolute atomic E-state index is 0.0183. The first kappa shape index (κ1) is 17.9. The predicted octanol–water partition coefficient (Wildman–Crippen LogP) is 3.79. The van der Waals surface area contributed by atoms with Crippen LogP contribution in [-0.4, -0.2) is 41.5 Å². The highest BCUT2D eigenvalue weighted by Gasteiger charge is 2.59. The number of fused-ring (bicyclic) bond motifs is 2. The summed E-state index contributed by atoms with van der Waals surface area (Å²) in [5.74, 6) is 0. The number of aromatic nitrogens is 1. The minimum atomic E-state index is -2.67. The molecule has 2 aliphatic rings. The molecule has 1 saturated carbocycles. The maximum Gasteiger partial charge on any atom is 0.280 e. The van der Waals surface area contributed by atoms with E-state index < -0.39 is 17.3 Å². The summed E-state index contributed by atoms with van der Waals surface area (Å²) in [5, 5.41) is 21.4. The second-order valence-electron chi connectivity index (χ2n) is 7.61. The van der Waals surface area contributed by atoms with E-state index in [2.05, 4.69) is 4.98 Å². The van der Waals surface area contributed by atoms with Crippen LogP contribution in [0.3, 0.4) is 0 Å². The largest absolute Gasteiger partial charge is 0.396 e. The number of anilines is 1. The number of aliphatic hydroxyl groups is 2. The van der Waals surface area contributed by atoms with Gasteiger partial charge in [-0.15, -0.1) is 0 Å². The van der Waals surface area contributed by atoms with Gasteiger partial charge >= 0.3 is 0 Å². The molecule has 0 radical (unpaired) electrons. The predicted molar refractivity (Wildman–Crippen MR) is 96.8 cm³/mol. The van der Waals surface area contributed by atoms with Crippen LogP contribution in [0.1, 0.15) is 31.4 Å². The molecule has 140 valence electrons. The molecule has 2 atom stereocenters. The number of pyridine rings is 1. The van der Waals surface area contributed by atoms with E-state index in [1.54, 1.807) is 18.2 Å². The molecule has 1 saturated heterocycles. The van der Waals surface area contributed by atoms with Crippen molar-refractivity contribution in [3.05, 3.63) is 35.0 Å². The molecule has 1 aromatic heterocycles. The van der Waals surface area contributed by atoms with E-state index in [1.807, 2.05) is 4.90 Å². The number of hydrogen-bond donors (Lipinski definition) is 2. The van der Waals surface area contributed by atoms with Gasteiger partial charge in [0.1, 0.15) is 5.69 Å². The van der Waals surface area contributed by atoms with Crippen molar-refractivity contribution < 1.29 is 19.0 Å². The summed E-state index contributed by atoms with van der Waals surface area (Å²) >= 11 is 6.13.